The van der Waals surface area contributed by atoms with Crippen LogP contribution in [-0.2, 0) is 14.8 Å². The van der Waals surface area contributed by atoms with E-state index in [4.69, 9.17) is 4.74 Å². The van der Waals surface area contributed by atoms with Gasteiger partial charge in [0, 0.05) is 16.5 Å². The monoisotopic (exact) mass is 603 g/mol. The molecule has 2 aromatic carbocycles. The van der Waals surface area contributed by atoms with Crippen molar-refractivity contribution in [1.29, 1.82) is 0 Å². The molecule has 0 aromatic heterocycles. The highest BCUT2D eigenvalue weighted by Crippen LogP contribution is 2.46. The summed E-state index contributed by atoms with van der Waals surface area (Å²) in [6.45, 7) is 10.7. The van der Waals surface area contributed by atoms with Gasteiger partial charge >= 0.3 is 6.09 Å². The highest BCUT2D eigenvalue weighted by Gasteiger charge is 2.54. The van der Waals surface area contributed by atoms with Crippen molar-refractivity contribution in [3.05, 3.63) is 54.6 Å². The maximum atomic E-state index is 14.2. The van der Waals surface area contributed by atoms with Crippen LogP contribution in [0.15, 0.2) is 59.5 Å². The van der Waals surface area contributed by atoms with Crippen molar-refractivity contribution >= 4 is 39.5 Å². The molecule has 10 nitrogen and oxygen atoms in total. The second-order valence-corrected chi connectivity index (χ2v) is 15.0. The topological polar surface area (TPSA) is 136 Å². The Morgan fingerprint density at radius 2 is 1.78 bits per heavy atom. The van der Waals surface area contributed by atoms with Crippen LogP contribution in [0.2, 0.25) is 0 Å². The summed E-state index contributed by atoms with van der Waals surface area (Å²) in [6.07, 6.45) is -1.23. The van der Waals surface area contributed by atoms with E-state index in [-0.39, 0.29) is 23.7 Å². The predicted molar refractivity (Wildman–Crippen MR) is 159 cm³/mol. The van der Waals surface area contributed by atoms with Crippen molar-refractivity contribution in [1.82, 2.24) is 9.62 Å². The molecule has 12 heteroatoms. The Kier molecular flexibility index (Phi) is 10.0. The van der Waals surface area contributed by atoms with Crippen molar-refractivity contribution in [2.24, 2.45) is 5.41 Å². The molecular weight excluding hydrogens is 566 g/mol. The molecule has 1 fully saturated rings. The van der Waals surface area contributed by atoms with Gasteiger partial charge in [-0.05, 0) is 62.6 Å². The van der Waals surface area contributed by atoms with Gasteiger partial charge in [0.15, 0.2) is 0 Å². The van der Waals surface area contributed by atoms with Gasteiger partial charge in [0.05, 0.1) is 16.6 Å². The van der Waals surface area contributed by atoms with Gasteiger partial charge in [0.25, 0.3) is 5.91 Å². The van der Waals surface area contributed by atoms with Crippen molar-refractivity contribution in [3.63, 3.8) is 0 Å². The molecule has 1 heterocycles. The number of para-hydroxylation sites is 1. The fraction of sp³-hybridized carbons (Fsp3) is 0.448. The molecule has 1 aliphatic heterocycles. The molecule has 2 amide bonds. The molecule has 0 bridgehead atoms. The predicted octanol–water partition coefficient (Wildman–Crippen LogP) is 4.45. The Morgan fingerprint density at radius 1 is 1.17 bits per heavy atom. The Bertz CT molecular complexity index is 1400. The minimum atomic E-state index is -4.32. The lowest BCUT2D eigenvalue weighted by Gasteiger charge is -2.51. The molecule has 0 spiro atoms. The molecule has 1 saturated heterocycles. The van der Waals surface area contributed by atoms with Crippen LogP contribution in [0.25, 0.3) is 0 Å². The number of amides is 2. The Balaban J connectivity index is 2.10. The fourth-order valence-electron chi connectivity index (χ4n) is 4.80. The lowest BCUT2D eigenvalue weighted by molar-refractivity contribution is -0.128. The van der Waals surface area contributed by atoms with Gasteiger partial charge in [-0.2, -0.15) is 9.37 Å². The van der Waals surface area contributed by atoms with E-state index in [9.17, 15) is 28.3 Å². The van der Waals surface area contributed by atoms with E-state index in [1.165, 1.54) is 48.2 Å². The number of nitrogens with zero attached hydrogens (tertiary/aromatic N) is 2. The first-order valence-electron chi connectivity index (χ1n) is 13.0. The Morgan fingerprint density at radius 3 is 2.32 bits per heavy atom. The third kappa shape index (κ3) is 7.54. The van der Waals surface area contributed by atoms with Crippen molar-refractivity contribution in [2.45, 2.75) is 68.5 Å². The quantitative estimate of drug-likeness (QED) is 0.229. The van der Waals surface area contributed by atoms with Crippen LogP contribution in [0.4, 0.5) is 10.5 Å². The number of benzene rings is 2. The maximum absolute atomic E-state index is 14.2. The van der Waals surface area contributed by atoms with E-state index in [1.807, 2.05) is 20.8 Å². The van der Waals surface area contributed by atoms with Gasteiger partial charge in [-0.25, -0.2) is 13.2 Å². The standard InChI is InChI=1S/C29H37N3O7S2/c1-7-8-18-39-21-14-16-22(17-15-21)41(37,38)31-19-23(24(28(2,3)4)30-27(34)35)40-29(5,6)25(31)26(33)32(36)20-12-10-9-11-13-20/h9-17,23-25,30,36H,18-19H2,1-6H3,(H,34,35)/t23-,24?,25-/m0/s1. The lowest BCUT2D eigenvalue weighted by Crippen LogP contribution is -2.66. The molecule has 1 unspecified atom stereocenters. The summed E-state index contributed by atoms with van der Waals surface area (Å²) in [4.78, 5) is 25.5. The number of carbonyl (C=O) groups is 2. The minimum Gasteiger partial charge on any atom is -0.481 e. The molecule has 222 valence electrons. The number of rotatable bonds is 8. The van der Waals surface area contributed by atoms with Gasteiger partial charge in [0.2, 0.25) is 10.0 Å². The van der Waals surface area contributed by atoms with Crippen molar-refractivity contribution < 1.29 is 33.1 Å². The molecule has 0 aliphatic carbocycles. The van der Waals surface area contributed by atoms with E-state index in [2.05, 4.69) is 17.2 Å². The maximum Gasteiger partial charge on any atom is 0.404 e. The molecule has 3 N–H and O–H groups in total. The molecule has 41 heavy (non-hydrogen) atoms. The van der Waals surface area contributed by atoms with Crippen LogP contribution in [-0.4, -0.2) is 70.3 Å². The summed E-state index contributed by atoms with van der Waals surface area (Å²) in [7, 11) is -4.32. The number of sulfonamides is 1. The van der Waals surface area contributed by atoms with Gasteiger partial charge in [-0.3, -0.25) is 10.0 Å². The summed E-state index contributed by atoms with van der Waals surface area (Å²) >= 11 is 1.32. The van der Waals surface area contributed by atoms with E-state index in [1.54, 1.807) is 39.0 Å². The molecular formula is C29H37N3O7S2. The third-order valence-corrected chi connectivity index (χ3v) is 10.1. The van der Waals surface area contributed by atoms with Gasteiger partial charge in [0.1, 0.15) is 18.4 Å². The summed E-state index contributed by atoms with van der Waals surface area (Å²) in [5.74, 6) is 5.09. The fourth-order valence-corrected chi connectivity index (χ4v) is 8.68. The zero-order valence-electron chi connectivity index (χ0n) is 24.0. The van der Waals surface area contributed by atoms with Crippen LogP contribution in [0.5, 0.6) is 5.75 Å². The Labute approximate surface area is 246 Å². The zero-order chi connectivity index (χ0) is 30.6. The lowest BCUT2D eigenvalue weighted by atomic mass is 9.84. The van der Waals surface area contributed by atoms with E-state index in [0.29, 0.717) is 10.8 Å². The SMILES string of the molecule is CC#CCOc1ccc(S(=O)(=O)N2C[C@@H](C(NC(=O)O)C(C)(C)C)SC(C)(C)[C@@H]2C(=O)N(O)c2ccccc2)cc1. The first-order valence-corrected chi connectivity index (χ1v) is 15.3. The van der Waals surface area contributed by atoms with Crippen LogP contribution in [0, 0.1) is 17.3 Å². The number of hydrogen-bond donors (Lipinski definition) is 3. The van der Waals surface area contributed by atoms with E-state index >= 15 is 0 Å². The van der Waals surface area contributed by atoms with E-state index in [0.717, 1.165) is 4.31 Å². The highest BCUT2D eigenvalue weighted by atomic mass is 32.2. The number of carboxylic acid groups (broad SMARTS) is 1. The number of nitrogens with one attached hydrogen (secondary N) is 1. The average molecular weight is 604 g/mol. The molecule has 1 aliphatic rings. The normalized spacial score (nSPS) is 19.8. The highest BCUT2D eigenvalue weighted by molar-refractivity contribution is 8.01. The third-order valence-electron chi connectivity index (χ3n) is 6.71. The van der Waals surface area contributed by atoms with Crippen LogP contribution in [0.1, 0.15) is 41.5 Å². The molecule has 3 rings (SSSR count). The summed E-state index contributed by atoms with van der Waals surface area (Å²) in [6, 6.07) is 11.9. The van der Waals surface area contributed by atoms with Crippen LogP contribution in [0.3, 0.4) is 0 Å². The number of carbonyl (C=O) groups excluding carboxylic acids is 1. The molecule has 2 aromatic rings. The number of hydrogen-bond acceptors (Lipinski definition) is 7. The van der Waals surface area contributed by atoms with Crippen molar-refractivity contribution in [2.75, 3.05) is 18.2 Å². The second-order valence-electron chi connectivity index (χ2n) is 11.2. The second kappa shape index (κ2) is 12.7. The largest absolute Gasteiger partial charge is 0.481 e. The van der Waals surface area contributed by atoms with Crippen LogP contribution < -0.4 is 15.1 Å². The number of anilines is 1. The van der Waals surface area contributed by atoms with Gasteiger partial charge in [-0.15, -0.1) is 17.7 Å². The summed E-state index contributed by atoms with van der Waals surface area (Å²) in [5.41, 5.74) is -0.388. The zero-order valence-corrected chi connectivity index (χ0v) is 25.6. The summed E-state index contributed by atoms with van der Waals surface area (Å²) in [5, 5.41) is 23.0. The van der Waals surface area contributed by atoms with Gasteiger partial charge < -0.3 is 15.2 Å². The van der Waals surface area contributed by atoms with Crippen LogP contribution >= 0.6 is 11.8 Å². The van der Waals surface area contributed by atoms with Crippen molar-refractivity contribution in [3.8, 4) is 17.6 Å². The number of ether oxygens (including phenoxy) is 1. The molecule has 0 saturated carbocycles. The number of hydroxylamine groups is 1. The average Bonchev–Trinajstić information content (AvgIpc) is 2.90. The molecule has 3 atom stereocenters. The first kappa shape index (κ1) is 32.3. The first-order chi connectivity index (χ1) is 19.1. The van der Waals surface area contributed by atoms with E-state index < -0.39 is 49.5 Å². The Hall–Kier alpha value is -3.24. The molecule has 0 radical (unpaired) electrons. The smallest absolute Gasteiger partial charge is 0.404 e. The number of thioether (sulfide) groups is 1. The van der Waals surface area contributed by atoms with Gasteiger partial charge in [-0.1, -0.05) is 44.9 Å². The minimum absolute atomic E-state index is 0.0756. The summed E-state index contributed by atoms with van der Waals surface area (Å²) < 4.78 is 34.0.